The minimum Gasteiger partial charge on any atom is -0.451 e. The molecule has 2 amide bonds. The van der Waals surface area contributed by atoms with Gasteiger partial charge in [0.15, 0.2) is 16.0 Å². The SMILES string of the molecule is CCCC(=O)Nc1nc2ccc(NC(=S)NC(=O)c3ccc(-c4cc(Cl)ccc4Cl)o3)cc2s1. The molecule has 2 aromatic carbocycles. The van der Waals surface area contributed by atoms with Gasteiger partial charge in [0.2, 0.25) is 5.91 Å². The van der Waals surface area contributed by atoms with Gasteiger partial charge in [-0.15, -0.1) is 0 Å². The summed E-state index contributed by atoms with van der Waals surface area (Å²) >= 11 is 18.9. The van der Waals surface area contributed by atoms with Gasteiger partial charge in [-0.3, -0.25) is 14.9 Å². The molecule has 4 rings (SSSR count). The molecule has 4 aromatic rings. The molecule has 0 spiro atoms. The van der Waals surface area contributed by atoms with Crippen LogP contribution in [-0.2, 0) is 4.79 Å². The molecular formula is C23H18Cl2N4O3S2. The van der Waals surface area contributed by atoms with Crippen molar-refractivity contribution in [2.45, 2.75) is 19.8 Å². The highest BCUT2D eigenvalue weighted by molar-refractivity contribution is 7.80. The van der Waals surface area contributed by atoms with Crippen LogP contribution in [0.5, 0.6) is 0 Å². The molecule has 0 fully saturated rings. The van der Waals surface area contributed by atoms with Crippen LogP contribution in [-0.4, -0.2) is 21.9 Å². The van der Waals surface area contributed by atoms with Crippen LogP contribution < -0.4 is 16.0 Å². The van der Waals surface area contributed by atoms with Crippen LogP contribution >= 0.6 is 46.8 Å². The molecular weight excluding hydrogens is 515 g/mol. The van der Waals surface area contributed by atoms with E-state index in [9.17, 15) is 9.59 Å². The molecule has 2 aromatic heterocycles. The van der Waals surface area contributed by atoms with Gasteiger partial charge in [-0.1, -0.05) is 41.5 Å². The average Bonchev–Trinajstić information content (AvgIpc) is 3.42. The minimum atomic E-state index is -0.512. The van der Waals surface area contributed by atoms with Crippen molar-refractivity contribution in [2.75, 3.05) is 10.6 Å². The number of thiazole rings is 1. The van der Waals surface area contributed by atoms with Crippen LogP contribution in [0.4, 0.5) is 10.8 Å². The number of nitrogens with zero attached hydrogens (tertiary/aromatic N) is 1. The molecule has 0 radical (unpaired) electrons. The second-order valence-electron chi connectivity index (χ2n) is 7.20. The van der Waals surface area contributed by atoms with Crippen molar-refractivity contribution in [1.82, 2.24) is 10.3 Å². The maximum atomic E-state index is 12.6. The number of carbonyl (C=O) groups excluding carboxylic acids is 2. The number of carbonyl (C=O) groups is 2. The zero-order valence-electron chi connectivity index (χ0n) is 17.8. The van der Waals surface area contributed by atoms with Crippen LogP contribution in [0.15, 0.2) is 52.9 Å². The van der Waals surface area contributed by atoms with Gasteiger partial charge in [0.25, 0.3) is 5.91 Å². The van der Waals surface area contributed by atoms with Crippen molar-refractivity contribution in [2.24, 2.45) is 0 Å². The Bertz CT molecular complexity index is 1400. The van der Waals surface area contributed by atoms with Crippen molar-refractivity contribution < 1.29 is 14.0 Å². The van der Waals surface area contributed by atoms with Crippen molar-refractivity contribution in [1.29, 1.82) is 0 Å². The predicted molar refractivity (Wildman–Crippen MR) is 141 cm³/mol. The first-order valence-electron chi connectivity index (χ1n) is 10.2. The lowest BCUT2D eigenvalue weighted by Crippen LogP contribution is -2.33. The zero-order chi connectivity index (χ0) is 24.2. The van der Waals surface area contributed by atoms with E-state index in [2.05, 4.69) is 20.9 Å². The fourth-order valence-electron chi connectivity index (χ4n) is 3.08. The van der Waals surface area contributed by atoms with Crippen LogP contribution in [0.1, 0.15) is 30.3 Å². The number of benzene rings is 2. The van der Waals surface area contributed by atoms with Crippen molar-refractivity contribution in [3.8, 4) is 11.3 Å². The highest BCUT2D eigenvalue weighted by Gasteiger charge is 2.16. The fraction of sp³-hybridized carbons (Fsp3) is 0.130. The highest BCUT2D eigenvalue weighted by atomic mass is 35.5. The molecule has 3 N–H and O–H groups in total. The lowest BCUT2D eigenvalue weighted by molar-refractivity contribution is -0.116. The number of amides is 2. The summed E-state index contributed by atoms with van der Waals surface area (Å²) in [4.78, 5) is 28.8. The van der Waals surface area contributed by atoms with Gasteiger partial charge in [0, 0.05) is 22.7 Å². The van der Waals surface area contributed by atoms with E-state index in [-0.39, 0.29) is 16.8 Å². The third-order valence-electron chi connectivity index (χ3n) is 4.62. The van der Waals surface area contributed by atoms with Crippen molar-refractivity contribution in [3.63, 3.8) is 0 Å². The maximum Gasteiger partial charge on any atom is 0.293 e. The Kier molecular flexibility index (Phi) is 7.47. The second kappa shape index (κ2) is 10.5. The largest absolute Gasteiger partial charge is 0.451 e. The molecule has 0 aliphatic heterocycles. The summed E-state index contributed by atoms with van der Waals surface area (Å²) in [5.74, 6) is -0.0984. The third-order valence-corrected chi connectivity index (χ3v) is 6.32. The first kappa shape index (κ1) is 24.2. The number of aromatic nitrogens is 1. The Morgan fingerprint density at radius 3 is 2.71 bits per heavy atom. The number of halogens is 2. The molecule has 34 heavy (non-hydrogen) atoms. The van der Waals surface area contributed by atoms with E-state index in [1.807, 2.05) is 19.1 Å². The van der Waals surface area contributed by atoms with E-state index in [1.54, 1.807) is 30.3 Å². The number of hydrogen-bond donors (Lipinski definition) is 3. The number of fused-ring (bicyclic) bond motifs is 1. The van der Waals surface area contributed by atoms with Crippen LogP contribution in [0.25, 0.3) is 21.5 Å². The van der Waals surface area contributed by atoms with Crippen molar-refractivity contribution >= 4 is 84.7 Å². The molecule has 0 bridgehead atoms. The quantitative estimate of drug-likeness (QED) is 0.238. The van der Waals surface area contributed by atoms with E-state index in [4.69, 9.17) is 39.8 Å². The number of rotatable bonds is 6. The summed E-state index contributed by atoms with van der Waals surface area (Å²) in [6.07, 6.45) is 1.21. The Balaban J connectivity index is 1.40. The standard InChI is InChI=1S/C23H18Cl2N4O3S2/c1-2-3-20(30)28-23-27-16-7-5-13(11-19(16)34-23)26-22(33)29-21(31)18-9-8-17(32-18)14-10-12(24)4-6-15(14)25/h4-11H,2-3H2,1H3,(H,27,28,30)(H2,26,29,31,33). The van der Waals surface area contributed by atoms with Gasteiger partial charge in [0.05, 0.1) is 15.2 Å². The number of hydrogen-bond acceptors (Lipinski definition) is 6. The second-order valence-corrected chi connectivity index (χ2v) is 9.48. The summed E-state index contributed by atoms with van der Waals surface area (Å²) in [6.45, 7) is 1.94. The molecule has 7 nitrogen and oxygen atoms in total. The van der Waals surface area contributed by atoms with Crippen LogP contribution in [0, 0.1) is 0 Å². The van der Waals surface area contributed by atoms with Gasteiger partial charge >= 0.3 is 0 Å². The first-order chi connectivity index (χ1) is 16.3. The molecule has 0 aliphatic rings. The highest BCUT2D eigenvalue weighted by Crippen LogP contribution is 2.32. The normalized spacial score (nSPS) is 10.8. The van der Waals surface area contributed by atoms with Gasteiger partial charge in [0.1, 0.15) is 5.76 Å². The lowest BCUT2D eigenvalue weighted by Gasteiger charge is -2.08. The van der Waals surface area contributed by atoms with Gasteiger partial charge in [-0.2, -0.15) is 0 Å². The number of nitrogens with one attached hydrogen (secondary N) is 3. The first-order valence-corrected chi connectivity index (χ1v) is 12.2. The van der Waals surface area contributed by atoms with Gasteiger partial charge in [-0.25, -0.2) is 4.98 Å². The summed E-state index contributed by atoms with van der Waals surface area (Å²) in [7, 11) is 0. The van der Waals surface area contributed by atoms with Crippen LogP contribution in [0.2, 0.25) is 10.0 Å². The smallest absolute Gasteiger partial charge is 0.293 e. The molecule has 0 aliphatic carbocycles. The van der Waals surface area contributed by atoms with E-state index >= 15 is 0 Å². The maximum absolute atomic E-state index is 12.6. The van der Waals surface area contributed by atoms with E-state index in [1.165, 1.54) is 17.4 Å². The Morgan fingerprint density at radius 1 is 1.09 bits per heavy atom. The van der Waals surface area contributed by atoms with E-state index in [0.717, 1.165) is 16.6 Å². The van der Waals surface area contributed by atoms with E-state index < -0.39 is 5.91 Å². The Hall–Kier alpha value is -2.98. The van der Waals surface area contributed by atoms with E-state index in [0.29, 0.717) is 38.6 Å². The Morgan fingerprint density at radius 2 is 1.91 bits per heavy atom. The summed E-state index contributed by atoms with van der Waals surface area (Å²) in [5.41, 5.74) is 2.00. The molecule has 0 saturated heterocycles. The number of furan rings is 1. The topological polar surface area (TPSA) is 96.3 Å². The summed E-state index contributed by atoms with van der Waals surface area (Å²) in [6, 6.07) is 13.6. The summed E-state index contributed by atoms with van der Waals surface area (Å²) < 4.78 is 6.51. The average molecular weight is 533 g/mol. The van der Waals surface area contributed by atoms with Crippen LogP contribution in [0.3, 0.4) is 0 Å². The van der Waals surface area contributed by atoms with Gasteiger partial charge < -0.3 is 15.1 Å². The lowest BCUT2D eigenvalue weighted by atomic mass is 10.2. The van der Waals surface area contributed by atoms with Crippen molar-refractivity contribution in [3.05, 3.63) is 64.3 Å². The molecule has 11 heteroatoms. The number of thiocarbonyl (C=S) groups is 1. The molecule has 2 heterocycles. The Labute approximate surface area is 214 Å². The molecule has 0 saturated carbocycles. The minimum absolute atomic E-state index is 0.0671. The predicted octanol–water partition coefficient (Wildman–Crippen LogP) is 6.73. The third kappa shape index (κ3) is 5.74. The number of anilines is 2. The fourth-order valence-corrected chi connectivity index (χ4v) is 4.60. The molecule has 174 valence electrons. The summed E-state index contributed by atoms with van der Waals surface area (Å²) in [5, 5.41) is 9.95. The zero-order valence-corrected chi connectivity index (χ0v) is 20.9. The van der Waals surface area contributed by atoms with Gasteiger partial charge in [-0.05, 0) is 67.2 Å². The monoisotopic (exact) mass is 532 g/mol. The molecule has 0 unspecified atom stereocenters. The molecule has 0 atom stereocenters.